The summed E-state index contributed by atoms with van der Waals surface area (Å²) in [7, 11) is 0. The van der Waals surface area contributed by atoms with Crippen LogP contribution >= 0.6 is 11.6 Å². The molecule has 0 aromatic heterocycles. The molecular weight excluding hydrogens is 754 g/mol. The number of hydrogen-bond donors (Lipinski definition) is 0. The Bertz CT molecular complexity index is 2020. The fourth-order valence-corrected chi connectivity index (χ4v) is 7.54. The first-order chi connectivity index (χ1) is 27.9. The highest BCUT2D eigenvalue weighted by Gasteiger charge is 2.71. The molecule has 8 nitrogen and oxygen atoms in total. The maximum absolute atomic E-state index is 14.6. The van der Waals surface area contributed by atoms with Crippen LogP contribution in [0.25, 0.3) is 0 Å². The van der Waals surface area contributed by atoms with E-state index in [1.54, 1.807) is 12.1 Å². The molecule has 2 aliphatic heterocycles. The largest absolute Gasteiger partial charge is 0.491 e. The SMILES string of the molecule is FC(F)O[C@]12CO[C@@](c3ccc(Cl)c(Cc4ccc(OCCOC5CC5)cc4)c3)(O1)[C@H](OCc1ccccc1)[C@@H](OCc1ccccc1)[C@@H]2OCc1ccccc1. The molecule has 0 radical (unpaired) electrons. The normalized spacial score (nSPS) is 24.2. The summed E-state index contributed by atoms with van der Waals surface area (Å²) in [5, 5.41) is 0.513. The summed E-state index contributed by atoms with van der Waals surface area (Å²) in [6.45, 7) is -2.25. The number of ether oxygens (including phenoxy) is 8. The minimum Gasteiger partial charge on any atom is -0.491 e. The van der Waals surface area contributed by atoms with E-state index in [2.05, 4.69) is 0 Å². The Morgan fingerprint density at radius 1 is 0.649 bits per heavy atom. The summed E-state index contributed by atoms with van der Waals surface area (Å²) < 4.78 is 79.6. The van der Waals surface area contributed by atoms with Gasteiger partial charge in [-0.15, -0.1) is 0 Å². The predicted octanol–water partition coefficient (Wildman–Crippen LogP) is 9.39. The average Bonchev–Trinajstić information content (AvgIpc) is 4.01. The van der Waals surface area contributed by atoms with Gasteiger partial charge in [0.15, 0.2) is 0 Å². The van der Waals surface area contributed by atoms with Crippen molar-refractivity contribution in [2.45, 2.75) is 81.7 Å². The van der Waals surface area contributed by atoms with Crippen molar-refractivity contribution in [3.63, 3.8) is 0 Å². The minimum atomic E-state index is -3.22. The van der Waals surface area contributed by atoms with E-state index >= 15 is 0 Å². The third-order valence-corrected chi connectivity index (χ3v) is 10.7. The van der Waals surface area contributed by atoms with Crippen molar-refractivity contribution < 1.29 is 46.7 Å². The zero-order chi connectivity index (χ0) is 39.1. The van der Waals surface area contributed by atoms with Gasteiger partial charge in [0.25, 0.3) is 0 Å². The highest BCUT2D eigenvalue weighted by atomic mass is 35.5. The van der Waals surface area contributed by atoms with Crippen molar-refractivity contribution in [3.05, 3.63) is 172 Å². The van der Waals surface area contributed by atoms with E-state index in [1.807, 2.05) is 121 Å². The van der Waals surface area contributed by atoms with Crippen LogP contribution in [0.4, 0.5) is 8.78 Å². The summed E-state index contributed by atoms with van der Waals surface area (Å²) in [4.78, 5) is 0. The summed E-state index contributed by atoms with van der Waals surface area (Å²) in [5.74, 6) is -3.10. The van der Waals surface area contributed by atoms with Crippen LogP contribution in [0.1, 0.15) is 46.2 Å². The number of hydrogen-bond acceptors (Lipinski definition) is 8. The van der Waals surface area contributed by atoms with Crippen LogP contribution in [0.15, 0.2) is 133 Å². The van der Waals surface area contributed by atoms with Crippen LogP contribution in [0.5, 0.6) is 5.75 Å². The van der Waals surface area contributed by atoms with Gasteiger partial charge in [0.1, 0.15) is 37.3 Å². The third-order valence-electron chi connectivity index (χ3n) is 10.3. The second-order valence-corrected chi connectivity index (χ2v) is 14.9. The zero-order valence-corrected chi connectivity index (χ0v) is 32.1. The number of fused-ring (bicyclic) bond motifs is 2. The van der Waals surface area contributed by atoms with Crippen LogP contribution in [0, 0.1) is 0 Å². The molecule has 0 unspecified atom stereocenters. The van der Waals surface area contributed by atoms with Crippen molar-refractivity contribution in [1.29, 1.82) is 0 Å². The summed E-state index contributed by atoms with van der Waals surface area (Å²) >= 11 is 6.85. The smallest absolute Gasteiger partial charge is 0.347 e. The topological polar surface area (TPSA) is 73.8 Å². The van der Waals surface area contributed by atoms with Crippen LogP contribution in [-0.4, -0.2) is 56.6 Å². The fraction of sp³-hybridized carbons (Fsp3) is 0.348. The molecule has 0 N–H and O–H groups in total. The van der Waals surface area contributed by atoms with Crippen LogP contribution in [0.3, 0.4) is 0 Å². The molecule has 2 saturated heterocycles. The van der Waals surface area contributed by atoms with Crippen molar-refractivity contribution in [1.82, 2.24) is 0 Å². The highest BCUT2D eigenvalue weighted by molar-refractivity contribution is 6.31. The fourth-order valence-electron chi connectivity index (χ4n) is 7.36. The van der Waals surface area contributed by atoms with Crippen molar-refractivity contribution >= 4 is 11.6 Å². The zero-order valence-electron chi connectivity index (χ0n) is 31.4. The monoisotopic (exact) mass is 798 g/mol. The maximum atomic E-state index is 14.6. The van der Waals surface area contributed by atoms with Gasteiger partial charge in [-0.3, -0.25) is 4.74 Å². The van der Waals surface area contributed by atoms with Gasteiger partial charge < -0.3 is 33.2 Å². The summed E-state index contributed by atoms with van der Waals surface area (Å²) in [6, 6.07) is 41.9. The lowest BCUT2D eigenvalue weighted by Gasteiger charge is -2.50. The first-order valence-corrected chi connectivity index (χ1v) is 19.7. The van der Waals surface area contributed by atoms with Gasteiger partial charge in [-0.05, 0) is 71.3 Å². The lowest BCUT2D eigenvalue weighted by atomic mass is 9.86. The molecule has 11 heteroatoms. The van der Waals surface area contributed by atoms with Gasteiger partial charge in [-0.2, -0.15) is 8.78 Å². The number of benzene rings is 5. The Hall–Kier alpha value is -4.23. The molecule has 57 heavy (non-hydrogen) atoms. The standard InChI is InChI=1S/C46H45ClF2O8/c47-40-23-18-37(27-36(40)26-32-16-19-38(20-17-32)50-24-25-51-39-21-22-39)46-43(54-30-35-14-8-3-9-15-35)41(52-28-33-10-4-1-5-11-33)42(53-29-34-12-6-2-7-13-34)45(57-46,31-55-46)56-44(48)49/h1-20,23,27,39,41-44H,21-22,24-26,28-31H2/t41-,42-,43+,45+,46-/m0/s1. The van der Waals surface area contributed by atoms with Crippen molar-refractivity contribution in [2.24, 2.45) is 0 Å². The van der Waals surface area contributed by atoms with Gasteiger partial charge in [0.05, 0.1) is 32.5 Å². The Kier molecular flexibility index (Phi) is 12.6. The molecule has 2 heterocycles. The Balaban J connectivity index is 1.14. The van der Waals surface area contributed by atoms with E-state index < -0.39 is 43.1 Å². The Morgan fingerprint density at radius 3 is 1.84 bits per heavy atom. The van der Waals surface area contributed by atoms with Gasteiger partial charge in [0.2, 0.25) is 11.6 Å². The third kappa shape index (κ3) is 9.57. The number of rotatable bonds is 19. The number of alkyl halides is 2. The molecule has 2 bridgehead atoms. The van der Waals surface area contributed by atoms with E-state index in [1.165, 1.54) is 0 Å². The highest BCUT2D eigenvalue weighted by Crippen LogP contribution is 2.54. The van der Waals surface area contributed by atoms with E-state index in [0.29, 0.717) is 36.3 Å². The van der Waals surface area contributed by atoms with Gasteiger partial charge in [-0.1, -0.05) is 121 Å². The van der Waals surface area contributed by atoms with Gasteiger partial charge in [-0.25, -0.2) is 0 Å². The van der Waals surface area contributed by atoms with E-state index in [0.717, 1.165) is 46.4 Å². The molecule has 3 fully saturated rings. The molecule has 1 aliphatic carbocycles. The molecule has 5 aromatic carbocycles. The van der Waals surface area contributed by atoms with Gasteiger partial charge >= 0.3 is 6.61 Å². The van der Waals surface area contributed by atoms with Gasteiger partial charge in [0, 0.05) is 10.6 Å². The quantitative estimate of drug-likeness (QED) is 0.0766. The second kappa shape index (κ2) is 18.1. The van der Waals surface area contributed by atoms with Crippen LogP contribution in [-0.2, 0) is 65.2 Å². The number of halogens is 3. The molecule has 0 amide bonds. The second-order valence-electron chi connectivity index (χ2n) is 14.5. The summed E-state index contributed by atoms with van der Waals surface area (Å²) in [5.41, 5.74) is 4.83. The van der Waals surface area contributed by atoms with E-state index in [-0.39, 0.29) is 19.8 Å². The molecule has 0 spiro atoms. The molecule has 8 rings (SSSR count). The molecule has 3 aliphatic rings. The van der Waals surface area contributed by atoms with E-state index in [4.69, 9.17) is 49.5 Å². The van der Waals surface area contributed by atoms with Crippen molar-refractivity contribution in [2.75, 3.05) is 19.8 Å². The molecule has 298 valence electrons. The molecule has 1 saturated carbocycles. The Labute approximate surface area is 336 Å². The predicted molar refractivity (Wildman–Crippen MR) is 209 cm³/mol. The first kappa shape index (κ1) is 39.6. The van der Waals surface area contributed by atoms with E-state index in [9.17, 15) is 8.78 Å². The minimum absolute atomic E-state index is 0.0655. The average molecular weight is 799 g/mol. The summed E-state index contributed by atoms with van der Waals surface area (Å²) in [6.07, 6.45) is -0.183. The first-order valence-electron chi connectivity index (χ1n) is 19.3. The Morgan fingerprint density at radius 2 is 1.25 bits per heavy atom. The molecule has 5 atom stereocenters. The molecular formula is C46H45ClF2O8. The van der Waals surface area contributed by atoms with Crippen molar-refractivity contribution in [3.8, 4) is 5.75 Å². The lowest BCUT2D eigenvalue weighted by molar-refractivity contribution is -0.419. The van der Waals surface area contributed by atoms with Crippen LogP contribution < -0.4 is 4.74 Å². The van der Waals surface area contributed by atoms with Crippen LogP contribution in [0.2, 0.25) is 5.02 Å². The maximum Gasteiger partial charge on any atom is 0.347 e. The lowest BCUT2D eigenvalue weighted by Crippen LogP contribution is -2.67. The molecule has 5 aromatic rings.